The van der Waals surface area contributed by atoms with Gasteiger partial charge in [0.1, 0.15) is 12.3 Å². The highest BCUT2D eigenvalue weighted by Gasteiger charge is 2.17. The van der Waals surface area contributed by atoms with Gasteiger partial charge < -0.3 is 4.40 Å². The Morgan fingerprint density at radius 1 is 1.31 bits per heavy atom. The minimum absolute atomic E-state index is 0.0241. The number of hydrogen-bond acceptors (Lipinski definition) is 1. The second kappa shape index (κ2) is 3.58. The van der Waals surface area contributed by atoms with E-state index >= 15 is 0 Å². The van der Waals surface area contributed by atoms with Gasteiger partial charge in [0, 0.05) is 18.0 Å². The van der Waals surface area contributed by atoms with Crippen LogP contribution < -0.4 is 0 Å². The van der Waals surface area contributed by atoms with E-state index in [9.17, 15) is 4.39 Å². The molecule has 0 unspecified atom stereocenters. The van der Waals surface area contributed by atoms with Crippen LogP contribution in [0.25, 0.3) is 5.65 Å². The number of halogens is 1. The molecule has 0 radical (unpaired) electrons. The third kappa shape index (κ3) is 1.82. The Morgan fingerprint density at radius 2 is 2.00 bits per heavy atom. The summed E-state index contributed by atoms with van der Waals surface area (Å²) in [6, 6.07) is 1.92. The third-order valence-electron chi connectivity index (χ3n) is 2.76. The van der Waals surface area contributed by atoms with Crippen LogP contribution in [0.15, 0.2) is 18.5 Å². The lowest BCUT2D eigenvalue weighted by Crippen LogP contribution is -2.12. The highest BCUT2D eigenvalue weighted by Crippen LogP contribution is 2.25. The standard InChI is InChI=1S/C13H17FN2/c1-9-7-16-8-11(13(2,3)4)5-10(6-14)12(16)15-9/h5,7-8H,6H2,1-4H3. The van der Waals surface area contributed by atoms with E-state index in [4.69, 9.17) is 0 Å². The molecule has 0 amide bonds. The van der Waals surface area contributed by atoms with Gasteiger partial charge in [-0.2, -0.15) is 0 Å². The van der Waals surface area contributed by atoms with Crippen LogP contribution in [-0.2, 0) is 12.1 Å². The number of hydrogen-bond donors (Lipinski definition) is 0. The quantitative estimate of drug-likeness (QED) is 0.720. The fraction of sp³-hybridized carbons (Fsp3) is 0.462. The van der Waals surface area contributed by atoms with Crippen LogP contribution in [0.1, 0.15) is 37.6 Å². The molecule has 16 heavy (non-hydrogen) atoms. The van der Waals surface area contributed by atoms with Crippen molar-refractivity contribution in [2.45, 2.75) is 39.8 Å². The minimum Gasteiger partial charge on any atom is -0.306 e. The average molecular weight is 220 g/mol. The molecule has 0 aliphatic heterocycles. The van der Waals surface area contributed by atoms with Crippen LogP contribution in [0.3, 0.4) is 0 Å². The van der Waals surface area contributed by atoms with E-state index in [0.29, 0.717) is 5.56 Å². The second-order valence-corrected chi connectivity index (χ2v) is 5.25. The van der Waals surface area contributed by atoms with Gasteiger partial charge in [-0.25, -0.2) is 9.37 Å². The van der Waals surface area contributed by atoms with Gasteiger partial charge >= 0.3 is 0 Å². The van der Waals surface area contributed by atoms with Crippen LogP contribution in [-0.4, -0.2) is 9.38 Å². The summed E-state index contributed by atoms with van der Waals surface area (Å²) in [5.74, 6) is 0. The smallest absolute Gasteiger partial charge is 0.142 e. The molecule has 2 aromatic rings. The molecule has 0 aliphatic rings. The molecule has 0 saturated heterocycles. The molecule has 0 saturated carbocycles. The predicted octanol–water partition coefficient (Wildman–Crippen LogP) is 3.41. The number of aromatic nitrogens is 2. The lowest BCUT2D eigenvalue weighted by Gasteiger charge is -2.20. The summed E-state index contributed by atoms with van der Waals surface area (Å²) in [7, 11) is 0. The summed E-state index contributed by atoms with van der Waals surface area (Å²) in [4.78, 5) is 4.33. The summed E-state index contributed by atoms with van der Waals surface area (Å²) in [5, 5.41) is 0. The molecule has 0 spiro atoms. The topological polar surface area (TPSA) is 17.3 Å². The maximum absolute atomic E-state index is 13.0. The van der Waals surface area contributed by atoms with Gasteiger partial charge in [-0.3, -0.25) is 0 Å². The first-order chi connectivity index (χ1) is 7.41. The number of fused-ring (bicyclic) bond motifs is 1. The van der Waals surface area contributed by atoms with Crippen molar-refractivity contribution in [2.75, 3.05) is 0 Å². The van der Waals surface area contributed by atoms with E-state index in [1.165, 1.54) is 0 Å². The Morgan fingerprint density at radius 3 is 2.56 bits per heavy atom. The van der Waals surface area contributed by atoms with Gasteiger partial charge in [-0.05, 0) is 24.0 Å². The zero-order valence-electron chi connectivity index (χ0n) is 10.2. The molecule has 0 atom stereocenters. The van der Waals surface area contributed by atoms with Crippen molar-refractivity contribution in [3.63, 3.8) is 0 Å². The van der Waals surface area contributed by atoms with Gasteiger partial charge in [-0.15, -0.1) is 0 Å². The molecule has 2 aromatic heterocycles. The van der Waals surface area contributed by atoms with E-state index in [2.05, 4.69) is 25.8 Å². The van der Waals surface area contributed by atoms with Crippen molar-refractivity contribution in [2.24, 2.45) is 0 Å². The summed E-state index contributed by atoms with van der Waals surface area (Å²) in [5.41, 5.74) is 3.47. The summed E-state index contributed by atoms with van der Waals surface area (Å²) in [6.07, 6.45) is 3.97. The van der Waals surface area contributed by atoms with Crippen LogP contribution in [0, 0.1) is 6.92 Å². The van der Waals surface area contributed by atoms with E-state index in [0.717, 1.165) is 16.9 Å². The van der Waals surface area contributed by atoms with Crippen LogP contribution in [0.4, 0.5) is 4.39 Å². The molecule has 0 aliphatic carbocycles. The third-order valence-corrected chi connectivity index (χ3v) is 2.76. The molecule has 0 N–H and O–H groups in total. The normalized spacial score (nSPS) is 12.3. The lowest BCUT2D eigenvalue weighted by molar-refractivity contribution is 0.484. The highest BCUT2D eigenvalue weighted by molar-refractivity contribution is 5.51. The largest absolute Gasteiger partial charge is 0.306 e. The zero-order chi connectivity index (χ0) is 11.9. The molecule has 0 bridgehead atoms. The van der Waals surface area contributed by atoms with E-state index < -0.39 is 6.67 Å². The van der Waals surface area contributed by atoms with Crippen LogP contribution >= 0.6 is 0 Å². The van der Waals surface area contributed by atoms with Gasteiger partial charge in [0.15, 0.2) is 0 Å². The first-order valence-electron chi connectivity index (χ1n) is 5.46. The SMILES string of the molecule is Cc1cn2cc(C(C)(C)C)cc(CF)c2n1. The number of aryl methyl sites for hydroxylation is 1. The first kappa shape index (κ1) is 11.1. The van der Waals surface area contributed by atoms with Crippen LogP contribution in [0.2, 0.25) is 0 Å². The fourth-order valence-corrected chi connectivity index (χ4v) is 1.80. The number of alkyl halides is 1. The maximum Gasteiger partial charge on any atom is 0.142 e. The van der Waals surface area contributed by atoms with E-state index in [1.807, 2.05) is 29.8 Å². The number of rotatable bonds is 1. The molecule has 86 valence electrons. The zero-order valence-corrected chi connectivity index (χ0v) is 10.2. The lowest BCUT2D eigenvalue weighted by atomic mass is 9.87. The Balaban J connectivity index is 2.72. The Labute approximate surface area is 95.1 Å². The Hall–Kier alpha value is -1.38. The van der Waals surface area contributed by atoms with Crippen molar-refractivity contribution in [1.29, 1.82) is 0 Å². The molecule has 3 heteroatoms. The monoisotopic (exact) mass is 220 g/mol. The summed E-state index contributed by atoms with van der Waals surface area (Å²) >= 11 is 0. The number of imidazole rings is 1. The first-order valence-corrected chi connectivity index (χ1v) is 5.46. The van der Waals surface area contributed by atoms with Crippen molar-refractivity contribution < 1.29 is 4.39 Å². The van der Waals surface area contributed by atoms with E-state index in [1.54, 1.807) is 0 Å². The molecule has 0 aromatic carbocycles. The molecule has 2 rings (SSSR count). The highest BCUT2D eigenvalue weighted by atomic mass is 19.1. The molecular formula is C13H17FN2. The minimum atomic E-state index is -0.468. The van der Waals surface area contributed by atoms with Crippen molar-refractivity contribution in [3.8, 4) is 0 Å². The maximum atomic E-state index is 13.0. The molecule has 2 heterocycles. The van der Waals surface area contributed by atoms with E-state index in [-0.39, 0.29) is 5.41 Å². The van der Waals surface area contributed by atoms with Crippen molar-refractivity contribution in [1.82, 2.24) is 9.38 Å². The Bertz CT molecular complexity index is 520. The fourth-order valence-electron chi connectivity index (χ4n) is 1.80. The molecule has 2 nitrogen and oxygen atoms in total. The summed E-state index contributed by atoms with van der Waals surface area (Å²) in [6.45, 7) is 7.83. The van der Waals surface area contributed by atoms with Crippen LogP contribution in [0.5, 0.6) is 0 Å². The van der Waals surface area contributed by atoms with Crippen molar-refractivity contribution >= 4 is 5.65 Å². The average Bonchev–Trinajstić information content (AvgIpc) is 2.54. The second-order valence-electron chi connectivity index (χ2n) is 5.25. The molecule has 0 fully saturated rings. The number of nitrogens with zero attached hydrogens (tertiary/aromatic N) is 2. The number of pyridine rings is 1. The van der Waals surface area contributed by atoms with Crippen molar-refractivity contribution in [3.05, 3.63) is 35.3 Å². The predicted molar refractivity (Wildman–Crippen MR) is 63.4 cm³/mol. The van der Waals surface area contributed by atoms with Gasteiger partial charge in [-0.1, -0.05) is 20.8 Å². The Kier molecular flexibility index (Phi) is 2.49. The van der Waals surface area contributed by atoms with Gasteiger partial charge in [0.05, 0.1) is 5.69 Å². The summed E-state index contributed by atoms with van der Waals surface area (Å²) < 4.78 is 14.9. The van der Waals surface area contributed by atoms with Gasteiger partial charge in [0.25, 0.3) is 0 Å². The van der Waals surface area contributed by atoms with Gasteiger partial charge in [0.2, 0.25) is 0 Å². The molecular weight excluding hydrogens is 203 g/mol.